The number of benzene rings is 3. The van der Waals surface area contributed by atoms with Gasteiger partial charge in [-0.15, -0.1) is 0 Å². The molecule has 2 heterocycles. The van der Waals surface area contributed by atoms with Crippen LogP contribution in [0, 0.1) is 0 Å². The monoisotopic (exact) mass is 585 g/mol. The zero-order valence-corrected chi connectivity index (χ0v) is 23.4. The van der Waals surface area contributed by atoms with Crippen molar-refractivity contribution in [2.45, 2.75) is 6.92 Å². The van der Waals surface area contributed by atoms with Crippen LogP contribution in [0.1, 0.15) is 33.4 Å². The molecule has 1 aromatic heterocycles. The second kappa shape index (κ2) is 11.6. The summed E-state index contributed by atoms with van der Waals surface area (Å²) in [7, 11) is 3.03. The van der Waals surface area contributed by atoms with E-state index in [-0.39, 0.29) is 16.1 Å². The molecule has 1 aliphatic rings. The molecular weight excluding hydrogens is 562 g/mol. The van der Waals surface area contributed by atoms with E-state index in [1.165, 1.54) is 26.4 Å². The zero-order valence-electron chi connectivity index (χ0n) is 22.7. The summed E-state index contributed by atoms with van der Waals surface area (Å²) in [6, 6.07) is 19.3. The lowest BCUT2D eigenvalue weighted by atomic mass is 10.1. The van der Waals surface area contributed by atoms with Crippen LogP contribution in [0.3, 0.4) is 0 Å². The number of anilines is 2. The maximum atomic E-state index is 13.1. The van der Waals surface area contributed by atoms with Gasteiger partial charge in [0.25, 0.3) is 11.8 Å². The van der Waals surface area contributed by atoms with Gasteiger partial charge in [-0.05, 0) is 73.7 Å². The molecule has 2 N–H and O–H groups in total. The van der Waals surface area contributed by atoms with Gasteiger partial charge in [-0.25, -0.2) is 4.79 Å². The van der Waals surface area contributed by atoms with Crippen molar-refractivity contribution in [3.63, 3.8) is 0 Å². The van der Waals surface area contributed by atoms with E-state index in [0.29, 0.717) is 51.2 Å². The minimum atomic E-state index is -1.10. The number of nitrogens with one attached hydrogen (secondary N) is 1. The van der Waals surface area contributed by atoms with Gasteiger partial charge in [-0.3, -0.25) is 9.59 Å². The SMILES string of the molecule is COc1ccc(NC(=O)c2cc(-c3ccc(/C=C4\C(=O)N(c5cccc(C(=O)O)c5)N=C4C)o3)ccc2Cl)cc1OC. The lowest BCUT2D eigenvalue weighted by Gasteiger charge is -2.12. The fraction of sp³-hybridized carbons (Fsp3) is 0.0968. The van der Waals surface area contributed by atoms with Gasteiger partial charge in [0.2, 0.25) is 0 Å². The van der Waals surface area contributed by atoms with Crippen LogP contribution >= 0.6 is 11.6 Å². The normalized spacial score (nSPS) is 13.7. The molecule has 5 rings (SSSR count). The number of nitrogens with zero attached hydrogens (tertiary/aromatic N) is 2. The van der Waals surface area contributed by atoms with E-state index >= 15 is 0 Å². The van der Waals surface area contributed by atoms with Gasteiger partial charge in [0.15, 0.2) is 11.5 Å². The zero-order chi connectivity index (χ0) is 30.0. The van der Waals surface area contributed by atoms with Gasteiger partial charge in [0.05, 0.1) is 47.3 Å². The van der Waals surface area contributed by atoms with Crippen molar-refractivity contribution in [3.8, 4) is 22.8 Å². The summed E-state index contributed by atoms with van der Waals surface area (Å²) in [4.78, 5) is 37.6. The highest BCUT2D eigenvalue weighted by atomic mass is 35.5. The Hall–Kier alpha value is -5.35. The first-order chi connectivity index (χ1) is 20.2. The molecule has 4 aromatic rings. The summed E-state index contributed by atoms with van der Waals surface area (Å²) < 4.78 is 16.5. The predicted molar refractivity (Wildman–Crippen MR) is 159 cm³/mol. The Morgan fingerprint density at radius 1 is 1.00 bits per heavy atom. The molecule has 0 atom stereocenters. The molecule has 11 heteroatoms. The van der Waals surface area contributed by atoms with Gasteiger partial charge >= 0.3 is 5.97 Å². The molecule has 0 spiro atoms. The largest absolute Gasteiger partial charge is 0.493 e. The first-order valence-corrected chi connectivity index (χ1v) is 12.9. The molecule has 0 fully saturated rings. The van der Waals surface area contributed by atoms with Crippen LogP contribution in [0.5, 0.6) is 11.5 Å². The fourth-order valence-electron chi connectivity index (χ4n) is 4.32. The molecular formula is C31H24ClN3O7. The first kappa shape index (κ1) is 28.2. The number of aromatic carboxylic acids is 1. The molecule has 0 unspecified atom stereocenters. The van der Waals surface area contributed by atoms with E-state index in [0.717, 1.165) is 5.01 Å². The number of amides is 2. The number of carboxylic acid groups (broad SMARTS) is 1. The Morgan fingerprint density at radius 2 is 1.79 bits per heavy atom. The number of methoxy groups -OCH3 is 2. The van der Waals surface area contributed by atoms with Crippen LogP contribution in [-0.4, -0.2) is 42.8 Å². The molecule has 0 saturated carbocycles. The summed E-state index contributed by atoms with van der Waals surface area (Å²) in [5.74, 6) is -0.135. The van der Waals surface area contributed by atoms with Gasteiger partial charge in [-0.1, -0.05) is 17.7 Å². The lowest BCUT2D eigenvalue weighted by molar-refractivity contribution is -0.114. The Balaban J connectivity index is 1.36. The maximum absolute atomic E-state index is 13.1. The van der Waals surface area contributed by atoms with E-state index in [1.54, 1.807) is 73.7 Å². The fourth-order valence-corrected chi connectivity index (χ4v) is 4.53. The number of furan rings is 1. The predicted octanol–water partition coefficient (Wildman–Crippen LogP) is 6.37. The summed E-state index contributed by atoms with van der Waals surface area (Å²) in [6.45, 7) is 1.68. The number of hydrazone groups is 1. The molecule has 10 nitrogen and oxygen atoms in total. The van der Waals surface area contributed by atoms with Crippen LogP contribution in [0.4, 0.5) is 11.4 Å². The maximum Gasteiger partial charge on any atom is 0.335 e. The van der Waals surface area contributed by atoms with Crippen molar-refractivity contribution in [3.05, 3.63) is 100 Å². The van der Waals surface area contributed by atoms with Crippen molar-refractivity contribution in [2.24, 2.45) is 5.10 Å². The van der Waals surface area contributed by atoms with Crippen LogP contribution in [-0.2, 0) is 4.79 Å². The highest BCUT2D eigenvalue weighted by molar-refractivity contribution is 6.34. The molecule has 0 bridgehead atoms. The number of hydrogen-bond acceptors (Lipinski definition) is 7. The van der Waals surface area contributed by atoms with Crippen molar-refractivity contribution in [1.29, 1.82) is 0 Å². The van der Waals surface area contributed by atoms with E-state index in [2.05, 4.69) is 10.4 Å². The number of halogens is 1. The van der Waals surface area contributed by atoms with Crippen LogP contribution < -0.4 is 19.8 Å². The first-order valence-electron chi connectivity index (χ1n) is 12.6. The van der Waals surface area contributed by atoms with E-state index in [1.807, 2.05) is 0 Å². The third-order valence-corrected chi connectivity index (χ3v) is 6.78. The van der Waals surface area contributed by atoms with E-state index in [9.17, 15) is 19.5 Å². The third kappa shape index (κ3) is 5.61. The molecule has 0 aliphatic carbocycles. The number of hydrogen-bond donors (Lipinski definition) is 2. The second-order valence-electron chi connectivity index (χ2n) is 9.14. The summed E-state index contributed by atoms with van der Waals surface area (Å²) in [5.41, 5.74) is 2.43. The van der Waals surface area contributed by atoms with Gasteiger partial charge in [-0.2, -0.15) is 10.1 Å². The van der Waals surface area contributed by atoms with E-state index < -0.39 is 17.8 Å². The van der Waals surface area contributed by atoms with Crippen LogP contribution in [0.25, 0.3) is 17.4 Å². The Morgan fingerprint density at radius 3 is 2.52 bits per heavy atom. The summed E-state index contributed by atoms with van der Waals surface area (Å²) >= 11 is 6.36. The van der Waals surface area contributed by atoms with Gasteiger partial charge < -0.3 is 24.3 Å². The smallest absolute Gasteiger partial charge is 0.335 e. The van der Waals surface area contributed by atoms with Crippen LogP contribution in [0.15, 0.2) is 87.9 Å². The van der Waals surface area contributed by atoms with Gasteiger partial charge in [0.1, 0.15) is 11.5 Å². The highest BCUT2D eigenvalue weighted by Crippen LogP contribution is 2.32. The standard InChI is InChI=1S/C31H24ClN3O7/c1-17-23(30(37)35(34-17)21-6-4-5-19(13-21)31(38)39)16-22-9-12-26(42-22)18-7-10-25(32)24(14-18)29(36)33-20-8-11-27(40-2)28(15-20)41-3/h4-16H,1-3H3,(H,33,36)(H,38,39)/b23-16-. The molecule has 2 amide bonds. The molecule has 0 saturated heterocycles. The number of carboxylic acids is 1. The number of ether oxygens (including phenoxy) is 2. The topological polar surface area (TPSA) is 131 Å². The molecule has 42 heavy (non-hydrogen) atoms. The number of rotatable bonds is 8. The van der Waals surface area contributed by atoms with E-state index in [4.69, 9.17) is 25.5 Å². The van der Waals surface area contributed by atoms with Crippen molar-refractivity contribution in [2.75, 3.05) is 24.5 Å². The molecule has 212 valence electrons. The summed E-state index contributed by atoms with van der Waals surface area (Å²) in [5, 5.41) is 17.8. The highest BCUT2D eigenvalue weighted by Gasteiger charge is 2.29. The van der Waals surface area contributed by atoms with Crippen molar-refractivity contribution < 1.29 is 33.4 Å². The van der Waals surface area contributed by atoms with Gasteiger partial charge in [0, 0.05) is 17.3 Å². The van der Waals surface area contributed by atoms with Crippen molar-refractivity contribution >= 4 is 52.5 Å². The minimum absolute atomic E-state index is 0.0426. The van der Waals surface area contributed by atoms with Crippen molar-refractivity contribution in [1.82, 2.24) is 0 Å². The summed E-state index contributed by atoms with van der Waals surface area (Å²) in [6.07, 6.45) is 1.56. The second-order valence-corrected chi connectivity index (χ2v) is 9.54. The lowest BCUT2D eigenvalue weighted by Crippen LogP contribution is -2.21. The molecule has 1 aliphatic heterocycles. The Labute approximate surface area is 245 Å². The quantitative estimate of drug-likeness (QED) is 0.230. The average Bonchev–Trinajstić information content (AvgIpc) is 3.57. The molecule has 0 radical (unpaired) electrons. The molecule has 3 aromatic carbocycles. The third-order valence-electron chi connectivity index (χ3n) is 6.45. The average molecular weight is 586 g/mol. The number of carbonyl (C=O) groups excluding carboxylic acids is 2. The minimum Gasteiger partial charge on any atom is -0.493 e. The Bertz CT molecular complexity index is 1790. The van der Waals surface area contributed by atoms with Crippen LogP contribution in [0.2, 0.25) is 5.02 Å². The Kier molecular flexibility index (Phi) is 7.81. The number of carbonyl (C=O) groups is 3.